The first-order valence-corrected chi connectivity index (χ1v) is 18.1. The Morgan fingerprint density at radius 1 is 0.667 bits per heavy atom. The molecule has 54 heavy (non-hydrogen) atoms. The van der Waals surface area contributed by atoms with Gasteiger partial charge in [-0.3, -0.25) is 43.3 Å². The number of carbonyl (C=O) groups excluding carboxylic acids is 7. The van der Waals surface area contributed by atoms with Gasteiger partial charge in [0.15, 0.2) is 5.96 Å². The number of aliphatic carboxylic acids is 1. The molecule has 22 nitrogen and oxygen atoms in total. The standard InChI is InChI=1S/C30H55N11O11S2/c1-13(2)9-18(27(50)40-20(12-54)23(32)46)38-29(52)22(14(3)43)41-26(49)17(6-7-21(44)45)37-28(51)19(10-42)39-25(48)16(5-4-8-35-30(33)34)36-24(47)15(31)11-53/h13-20,22,42-43,53-54H,4-12,31H2,1-3H3,(H2,32,46)(H,36,47)(H,37,51)(H,38,52)(H,39,48)(H,40,50)(H,41,49)(H,44,45)(H4,33,34,35)/t14-,15+,16+,17+,18+,19+,20+,22+/m1/s1. The van der Waals surface area contributed by atoms with Crippen LogP contribution < -0.4 is 54.8 Å². The predicted octanol–water partition coefficient (Wildman–Crippen LogP) is -6.10. The molecule has 0 aromatic carbocycles. The second-order valence-corrected chi connectivity index (χ2v) is 13.3. The number of guanidine groups is 1. The predicted molar refractivity (Wildman–Crippen MR) is 201 cm³/mol. The molecule has 308 valence electrons. The van der Waals surface area contributed by atoms with Crippen LogP contribution in [0.1, 0.15) is 52.9 Å². The third kappa shape index (κ3) is 19.1. The van der Waals surface area contributed by atoms with Gasteiger partial charge in [0.25, 0.3) is 0 Å². The number of hydrogen-bond donors (Lipinski definition) is 15. The van der Waals surface area contributed by atoms with Crippen molar-refractivity contribution in [2.24, 2.45) is 33.8 Å². The molecule has 0 spiro atoms. The Morgan fingerprint density at radius 3 is 1.63 bits per heavy atom. The molecule has 0 aliphatic heterocycles. The average molecular weight is 810 g/mol. The first kappa shape index (κ1) is 49.6. The molecule has 0 bridgehead atoms. The summed E-state index contributed by atoms with van der Waals surface area (Å²) >= 11 is 7.93. The molecule has 24 heteroatoms. The maximum Gasteiger partial charge on any atom is 0.303 e. The quantitative estimate of drug-likeness (QED) is 0.0167. The molecule has 0 fully saturated rings. The number of carboxylic acids is 1. The normalized spacial score (nSPS) is 15.4. The molecule has 0 saturated heterocycles. The number of thiol groups is 2. The molecule has 0 aromatic heterocycles. The summed E-state index contributed by atoms with van der Waals surface area (Å²) in [6.45, 7) is 3.69. The van der Waals surface area contributed by atoms with Gasteiger partial charge in [0.2, 0.25) is 41.4 Å². The maximum atomic E-state index is 13.4. The summed E-state index contributed by atoms with van der Waals surface area (Å²) in [4.78, 5) is 105. The number of hydrogen-bond acceptors (Lipinski definition) is 14. The van der Waals surface area contributed by atoms with Gasteiger partial charge in [0, 0.05) is 24.5 Å². The Hall–Kier alpha value is -4.39. The van der Waals surface area contributed by atoms with Crippen LogP contribution in [0.5, 0.6) is 0 Å². The average Bonchev–Trinajstić information content (AvgIpc) is 3.09. The smallest absolute Gasteiger partial charge is 0.303 e. The highest BCUT2D eigenvalue weighted by atomic mass is 32.1. The highest BCUT2D eigenvalue weighted by Crippen LogP contribution is 2.09. The van der Waals surface area contributed by atoms with Crippen LogP contribution in [0.4, 0.5) is 0 Å². The summed E-state index contributed by atoms with van der Waals surface area (Å²) in [5.74, 6) is -8.65. The first-order chi connectivity index (χ1) is 25.2. The SMILES string of the molecule is CC(C)C[C@H](NC(=O)[C@@H](NC(=O)[C@H](CCC(=O)O)NC(=O)[C@H](CO)NC(=O)[C@H](CCCN=C(N)N)NC(=O)[C@@H](N)CS)[C@@H](C)O)C(=O)N[C@@H](CS)C(N)=O. The lowest BCUT2D eigenvalue weighted by Gasteiger charge is -2.28. The van der Waals surface area contributed by atoms with Crippen LogP contribution >= 0.6 is 25.3 Å². The van der Waals surface area contributed by atoms with E-state index in [0.717, 1.165) is 6.92 Å². The zero-order valence-corrected chi connectivity index (χ0v) is 32.1. The van der Waals surface area contributed by atoms with Gasteiger partial charge < -0.3 is 70.2 Å². The van der Waals surface area contributed by atoms with Crippen LogP contribution in [-0.2, 0) is 38.4 Å². The number of nitrogens with zero attached hydrogens (tertiary/aromatic N) is 1. The summed E-state index contributed by atoms with van der Waals surface area (Å²) in [5.41, 5.74) is 21.6. The van der Waals surface area contributed by atoms with E-state index in [1.165, 1.54) is 0 Å². The first-order valence-electron chi connectivity index (χ1n) is 16.8. The number of aliphatic imine (C=N–C) groups is 1. The molecule has 0 aliphatic rings. The van der Waals surface area contributed by atoms with Crippen molar-refractivity contribution in [3.63, 3.8) is 0 Å². The third-order valence-electron chi connectivity index (χ3n) is 7.45. The van der Waals surface area contributed by atoms with E-state index in [-0.39, 0.29) is 49.2 Å². The fourth-order valence-electron chi connectivity index (χ4n) is 4.51. The number of nitrogens with one attached hydrogen (secondary N) is 6. The van der Waals surface area contributed by atoms with Crippen LogP contribution in [0.3, 0.4) is 0 Å². The van der Waals surface area contributed by atoms with Gasteiger partial charge in [-0.1, -0.05) is 13.8 Å². The molecule has 17 N–H and O–H groups in total. The van der Waals surface area contributed by atoms with Gasteiger partial charge in [0.1, 0.15) is 36.3 Å². The summed E-state index contributed by atoms with van der Waals surface area (Å²) in [6.07, 6.45) is -2.61. The van der Waals surface area contributed by atoms with E-state index in [4.69, 9.17) is 22.9 Å². The minimum absolute atomic E-state index is 0.0412. The van der Waals surface area contributed by atoms with Crippen LogP contribution in [0.25, 0.3) is 0 Å². The number of aliphatic hydroxyl groups excluding tert-OH is 2. The molecule has 0 unspecified atom stereocenters. The van der Waals surface area contributed by atoms with Crippen molar-refractivity contribution in [1.29, 1.82) is 0 Å². The molecule has 0 aliphatic carbocycles. The van der Waals surface area contributed by atoms with Crippen LogP contribution in [0, 0.1) is 5.92 Å². The van der Waals surface area contributed by atoms with Crippen molar-refractivity contribution < 1.29 is 53.7 Å². The Bertz CT molecular complexity index is 1340. The molecule has 0 radical (unpaired) electrons. The van der Waals surface area contributed by atoms with Gasteiger partial charge in [-0.05, 0) is 38.5 Å². The number of aliphatic hydroxyl groups is 2. The topological polar surface area (TPSA) is 386 Å². The minimum atomic E-state index is -1.75. The Morgan fingerprint density at radius 2 is 1.15 bits per heavy atom. The number of nitrogens with two attached hydrogens (primary N) is 4. The van der Waals surface area contributed by atoms with Crippen molar-refractivity contribution in [1.82, 2.24) is 31.9 Å². The third-order valence-corrected chi connectivity index (χ3v) is 8.21. The Labute approximate surface area is 323 Å². The van der Waals surface area contributed by atoms with Crippen molar-refractivity contribution in [3.05, 3.63) is 0 Å². The number of rotatable bonds is 26. The van der Waals surface area contributed by atoms with Crippen molar-refractivity contribution in [2.75, 3.05) is 24.7 Å². The molecule has 0 aromatic rings. The summed E-state index contributed by atoms with van der Waals surface area (Å²) in [7, 11) is 0. The largest absolute Gasteiger partial charge is 0.481 e. The minimum Gasteiger partial charge on any atom is -0.481 e. The van der Waals surface area contributed by atoms with E-state index in [2.05, 4.69) is 62.2 Å². The molecular formula is C30H55N11O11S2. The highest BCUT2D eigenvalue weighted by molar-refractivity contribution is 7.80. The molecule has 0 saturated carbocycles. The van der Waals surface area contributed by atoms with Crippen LogP contribution in [-0.4, -0.2) is 142 Å². The molecule has 0 heterocycles. The Kier molecular flexibility index (Phi) is 23.5. The lowest BCUT2D eigenvalue weighted by molar-refractivity contribution is -0.139. The van der Waals surface area contributed by atoms with E-state index in [0.29, 0.717) is 0 Å². The molecule has 7 amide bonds. The number of carbonyl (C=O) groups is 8. The highest BCUT2D eigenvalue weighted by Gasteiger charge is 2.35. The van der Waals surface area contributed by atoms with Crippen molar-refractivity contribution >= 4 is 78.5 Å². The lowest BCUT2D eigenvalue weighted by atomic mass is 10.0. The van der Waals surface area contributed by atoms with Crippen molar-refractivity contribution in [2.45, 2.75) is 101 Å². The molecular weight excluding hydrogens is 755 g/mol. The van der Waals surface area contributed by atoms with Crippen LogP contribution in [0.15, 0.2) is 4.99 Å². The zero-order chi connectivity index (χ0) is 41.7. The lowest BCUT2D eigenvalue weighted by Crippen LogP contribution is -2.62. The van der Waals surface area contributed by atoms with Gasteiger partial charge in [-0.25, -0.2) is 0 Å². The van der Waals surface area contributed by atoms with E-state index in [9.17, 15) is 53.7 Å². The van der Waals surface area contributed by atoms with Crippen molar-refractivity contribution in [3.8, 4) is 0 Å². The van der Waals surface area contributed by atoms with Crippen LogP contribution in [0.2, 0.25) is 0 Å². The molecule has 8 atom stereocenters. The maximum absolute atomic E-state index is 13.4. The van der Waals surface area contributed by atoms with E-state index < -0.39 is 115 Å². The zero-order valence-electron chi connectivity index (χ0n) is 30.3. The van der Waals surface area contributed by atoms with E-state index >= 15 is 0 Å². The second-order valence-electron chi connectivity index (χ2n) is 12.6. The number of amides is 7. The van der Waals surface area contributed by atoms with E-state index in [1.807, 2.05) is 0 Å². The van der Waals surface area contributed by atoms with Gasteiger partial charge >= 0.3 is 5.97 Å². The second kappa shape index (κ2) is 25.6. The van der Waals surface area contributed by atoms with Gasteiger partial charge in [0.05, 0.1) is 18.8 Å². The summed E-state index contributed by atoms with van der Waals surface area (Å²) in [5, 5.41) is 43.6. The monoisotopic (exact) mass is 809 g/mol. The van der Waals surface area contributed by atoms with Gasteiger partial charge in [-0.15, -0.1) is 0 Å². The Balaban J connectivity index is 6.13. The summed E-state index contributed by atoms with van der Waals surface area (Å²) < 4.78 is 0. The van der Waals surface area contributed by atoms with Gasteiger partial charge in [-0.2, -0.15) is 25.3 Å². The number of carboxylic acid groups (broad SMARTS) is 1. The fourth-order valence-corrected chi connectivity index (χ4v) is 4.95. The van der Waals surface area contributed by atoms with E-state index in [1.54, 1.807) is 13.8 Å². The number of primary amides is 1. The summed E-state index contributed by atoms with van der Waals surface area (Å²) in [6, 6.07) is -9.99. The fraction of sp³-hybridized carbons (Fsp3) is 0.700. The molecule has 0 rings (SSSR count).